The van der Waals surface area contributed by atoms with Crippen molar-refractivity contribution in [3.05, 3.63) is 0 Å². The van der Waals surface area contributed by atoms with Crippen LogP contribution in [0.3, 0.4) is 0 Å². The third-order valence-electron chi connectivity index (χ3n) is 3.54. The van der Waals surface area contributed by atoms with Gasteiger partial charge in [0, 0.05) is 25.6 Å². The summed E-state index contributed by atoms with van der Waals surface area (Å²) in [6.07, 6.45) is 2.83. The summed E-state index contributed by atoms with van der Waals surface area (Å²) in [7, 11) is 0. The highest BCUT2D eigenvalue weighted by atomic mass is 16.2. The third kappa shape index (κ3) is 3.78. The Labute approximate surface area is 99.4 Å². The van der Waals surface area contributed by atoms with Crippen molar-refractivity contribution in [1.29, 1.82) is 0 Å². The highest BCUT2D eigenvalue weighted by Gasteiger charge is 2.29. The molecule has 0 aromatic rings. The van der Waals surface area contributed by atoms with Crippen LogP contribution in [0.4, 0.5) is 0 Å². The average Bonchev–Trinajstić information content (AvgIpc) is 2.28. The number of hydrogen-bond donors (Lipinski definition) is 1. The summed E-state index contributed by atoms with van der Waals surface area (Å²) in [6.45, 7) is 10.3. The molecule has 1 amide bonds. The van der Waals surface area contributed by atoms with Crippen LogP contribution in [0.5, 0.6) is 0 Å². The Morgan fingerprint density at radius 2 is 2.06 bits per heavy atom. The number of nitrogens with two attached hydrogens (primary N) is 1. The first kappa shape index (κ1) is 13.5. The molecule has 3 nitrogen and oxygen atoms in total. The first-order valence-electron chi connectivity index (χ1n) is 6.34. The van der Waals surface area contributed by atoms with Gasteiger partial charge in [-0.2, -0.15) is 0 Å². The average molecular weight is 226 g/mol. The van der Waals surface area contributed by atoms with Crippen LogP contribution in [-0.2, 0) is 4.79 Å². The van der Waals surface area contributed by atoms with Crippen molar-refractivity contribution >= 4 is 5.91 Å². The predicted molar refractivity (Wildman–Crippen MR) is 67.0 cm³/mol. The molecule has 0 spiro atoms. The quantitative estimate of drug-likeness (QED) is 0.783. The molecule has 1 aliphatic rings. The van der Waals surface area contributed by atoms with E-state index in [0.29, 0.717) is 24.3 Å². The Morgan fingerprint density at radius 1 is 1.44 bits per heavy atom. The van der Waals surface area contributed by atoms with Crippen molar-refractivity contribution in [2.24, 2.45) is 17.1 Å². The van der Waals surface area contributed by atoms with Crippen molar-refractivity contribution in [2.75, 3.05) is 13.1 Å². The highest BCUT2D eigenvalue weighted by molar-refractivity contribution is 5.76. The van der Waals surface area contributed by atoms with E-state index in [1.165, 1.54) is 0 Å². The number of hydrogen-bond acceptors (Lipinski definition) is 2. The number of nitrogens with zero attached hydrogens (tertiary/aromatic N) is 1. The molecule has 2 atom stereocenters. The maximum absolute atomic E-state index is 11.9. The fraction of sp³-hybridized carbons (Fsp3) is 0.923. The second kappa shape index (κ2) is 5.17. The third-order valence-corrected chi connectivity index (χ3v) is 3.54. The van der Waals surface area contributed by atoms with E-state index in [0.717, 1.165) is 19.4 Å². The molecule has 0 radical (unpaired) electrons. The van der Waals surface area contributed by atoms with Crippen LogP contribution in [-0.4, -0.2) is 29.9 Å². The van der Waals surface area contributed by atoms with Crippen molar-refractivity contribution in [1.82, 2.24) is 4.90 Å². The molecule has 0 saturated carbocycles. The number of carbonyl (C=O) groups excluding carboxylic acids is 1. The lowest BCUT2D eigenvalue weighted by Crippen LogP contribution is -2.39. The van der Waals surface area contributed by atoms with Crippen molar-refractivity contribution < 1.29 is 4.79 Å². The molecular formula is C13H26N2O. The lowest BCUT2D eigenvalue weighted by Gasteiger charge is -2.29. The SMILES string of the molecule is C[C@H](N)CN1CCC(C(C)(C)C)CCC1=O. The molecule has 1 heterocycles. The summed E-state index contributed by atoms with van der Waals surface area (Å²) in [5, 5.41) is 0. The molecule has 0 bridgehead atoms. The van der Waals surface area contributed by atoms with Crippen LogP contribution in [0.15, 0.2) is 0 Å². The predicted octanol–water partition coefficient (Wildman–Crippen LogP) is 2.01. The maximum Gasteiger partial charge on any atom is 0.222 e. The number of amides is 1. The zero-order chi connectivity index (χ0) is 12.3. The van der Waals surface area contributed by atoms with Crippen molar-refractivity contribution in [3.63, 3.8) is 0 Å². The van der Waals surface area contributed by atoms with Gasteiger partial charge in [-0.05, 0) is 31.1 Å². The van der Waals surface area contributed by atoms with Gasteiger partial charge in [0.2, 0.25) is 5.91 Å². The van der Waals surface area contributed by atoms with Gasteiger partial charge in [-0.3, -0.25) is 4.79 Å². The van der Waals surface area contributed by atoms with Crippen LogP contribution in [0.25, 0.3) is 0 Å². The van der Waals surface area contributed by atoms with E-state index in [4.69, 9.17) is 5.73 Å². The fourth-order valence-electron chi connectivity index (χ4n) is 2.44. The van der Waals surface area contributed by atoms with Crippen molar-refractivity contribution in [2.45, 2.75) is 53.0 Å². The Bertz CT molecular complexity index is 243. The minimum atomic E-state index is 0.0788. The van der Waals surface area contributed by atoms with E-state index in [1.807, 2.05) is 11.8 Å². The molecule has 16 heavy (non-hydrogen) atoms. The molecule has 3 heteroatoms. The summed E-state index contributed by atoms with van der Waals surface area (Å²) in [6, 6.07) is 0.0788. The molecule has 1 unspecified atom stereocenters. The first-order chi connectivity index (χ1) is 7.30. The smallest absolute Gasteiger partial charge is 0.222 e. The van der Waals surface area contributed by atoms with Crippen molar-refractivity contribution in [3.8, 4) is 0 Å². The first-order valence-corrected chi connectivity index (χ1v) is 6.34. The summed E-state index contributed by atoms with van der Waals surface area (Å²) in [4.78, 5) is 13.8. The fourth-order valence-corrected chi connectivity index (χ4v) is 2.44. The highest BCUT2D eigenvalue weighted by Crippen LogP contribution is 2.34. The topological polar surface area (TPSA) is 46.3 Å². The van der Waals surface area contributed by atoms with E-state index in [-0.39, 0.29) is 11.9 Å². The second-order valence-electron chi connectivity index (χ2n) is 6.21. The van der Waals surface area contributed by atoms with E-state index in [2.05, 4.69) is 20.8 Å². The van der Waals surface area contributed by atoms with Crippen LogP contribution in [0.2, 0.25) is 0 Å². The number of rotatable bonds is 2. The van der Waals surface area contributed by atoms with Crippen LogP contribution < -0.4 is 5.73 Å². The summed E-state index contributed by atoms with van der Waals surface area (Å²) in [5.74, 6) is 0.929. The largest absolute Gasteiger partial charge is 0.341 e. The number of carbonyl (C=O) groups is 1. The van der Waals surface area contributed by atoms with Crippen LogP contribution >= 0.6 is 0 Å². The van der Waals surface area contributed by atoms with Gasteiger partial charge in [0.05, 0.1) is 0 Å². The van der Waals surface area contributed by atoms with Gasteiger partial charge in [0.25, 0.3) is 0 Å². The van der Waals surface area contributed by atoms with Gasteiger partial charge in [-0.15, -0.1) is 0 Å². The molecule has 1 saturated heterocycles. The number of likely N-dealkylation sites (tertiary alicyclic amines) is 1. The Balaban J connectivity index is 2.59. The summed E-state index contributed by atoms with van der Waals surface area (Å²) >= 11 is 0. The lowest BCUT2D eigenvalue weighted by molar-refractivity contribution is -0.130. The van der Waals surface area contributed by atoms with E-state index in [1.54, 1.807) is 0 Å². The van der Waals surface area contributed by atoms with E-state index in [9.17, 15) is 4.79 Å². The van der Waals surface area contributed by atoms with Gasteiger partial charge in [0.15, 0.2) is 0 Å². The second-order valence-corrected chi connectivity index (χ2v) is 6.21. The minimum Gasteiger partial charge on any atom is -0.341 e. The normalized spacial score (nSPS) is 25.4. The maximum atomic E-state index is 11.9. The molecule has 1 fully saturated rings. The molecule has 0 aromatic carbocycles. The zero-order valence-electron chi connectivity index (χ0n) is 11.1. The summed E-state index contributed by atoms with van der Waals surface area (Å²) in [5.41, 5.74) is 6.07. The van der Waals surface area contributed by atoms with Gasteiger partial charge >= 0.3 is 0 Å². The molecule has 0 aliphatic carbocycles. The van der Waals surface area contributed by atoms with Gasteiger partial charge in [-0.1, -0.05) is 20.8 Å². The molecule has 1 aliphatic heterocycles. The van der Waals surface area contributed by atoms with Gasteiger partial charge in [0.1, 0.15) is 0 Å². The van der Waals surface area contributed by atoms with Gasteiger partial charge < -0.3 is 10.6 Å². The molecular weight excluding hydrogens is 200 g/mol. The molecule has 94 valence electrons. The summed E-state index contributed by atoms with van der Waals surface area (Å²) < 4.78 is 0. The Morgan fingerprint density at radius 3 is 2.56 bits per heavy atom. The van der Waals surface area contributed by atoms with Crippen LogP contribution in [0, 0.1) is 11.3 Å². The Kier molecular flexibility index (Phi) is 4.36. The molecule has 2 N–H and O–H groups in total. The van der Waals surface area contributed by atoms with Gasteiger partial charge in [-0.25, -0.2) is 0 Å². The van der Waals surface area contributed by atoms with E-state index < -0.39 is 0 Å². The minimum absolute atomic E-state index is 0.0788. The van der Waals surface area contributed by atoms with Crippen LogP contribution in [0.1, 0.15) is 47.0 Å². The standard InChI is InChI=1S/C13H26N2O/c1-10(14)9-15-8-7-11(13(2,3)4)5-6-12(15)16/h10-11H,5-9,14H2,1-4H3/t10-,11?/m0/s1. The molecule has 0 aromatic heterocycles. The Hall–Kier alpha value is -0.570. The monoisotopic (exact) mass is 226 g/mol. The lowest BCUT2D eigenvalue weighted by atomic mass is 9.77. The molecule has 1 rings (SSSR count). The van der Waals surface area contributed by atoms with E-state index >= 15 is 0 Å². The zero-order valence-corrected chi connectivity index (χ0v) is 11.1.